The molecule has 1 atom stereocenters. The maximum atomic E-state index is 13.7. The number of carbonyl (C=O) groups is 1. The third-order valence-electron chi connectivity index (χ3n) is 4.66. The van der Waals surface area contributed by atoms with E-state index in [1.54, 1.807) is 11.0 Å². The Labute approximate surface area is 145 Å². The molecule has 1 aromatic carbocycles. The Bertz CT molecular complexity index is 747. The lowest BCUT2D eigenvalue weighted by Gasteiger charge is -2.32. The SMILES string of the molecule is O=C(c1ncccc1O)N1CCCC(CCc2c(F)cccc2F)C1. The van der Waals surface area contributed by atoms with Crippen molar-refractivity contribution in [1.29, 1.82) is 0 Å². The summed E-state index contributed by atoms with van der Waals surface area (Å²) in [5, 5.41) is 9.80. The van der Waals surface area contributed by atoms with E-state index >= 15 is 0 Å². The highest BCUT2D eigenvalue weighted by Gasteiger charge is 2.27. The zero-order valence-electron chi connectivity index (χ0n) is 13.8. The zero-order chi connectivity index (χ0) is 17.8. The summed E-state index contributed by atoms with van der Waals surface area (Å²) >= 11 is 0. The number of rotatable bonds is 4. The van der Waals surface area contributed by atoms with Crippen molar-refractivity contribution in [3.63, 3.8) is 0 Å². The van der Waals surface area contributed by atoms with Crippen LogP contribution in [0.2, 0.25) is 0 Å². The van der Waals surface area contributed by atoms with Crippen molar-refractivity contribution < 1.29 is 18.7 Å². The summed E-state index contributed by atoms with van der Waals surface area (Å²) in [7, 11) is 0. The lowest BCUT2D eigenvalue weighted by Crippen LogP contribution is -2.40. The molecule has 1 saturated heterocycles. The molecule has 0 saturated carbocycles. The Hall–Kier alpha value is -2.50. The van der Waals surface area contributed by atoms with E-state index in [0.29, 0.717) is 25.9 Å². The molecule has 3 rings (SSSR count). The van der Waals surface area contributed by atoms with E-state index in [1.165, 1.54) is 30.5 Å². The van der Waals surface area contributed by atoms with Gasteiger partial charge in [-0.2, -0.15) is 0 Å². The van der Waals surface area contributed by atoms with Crippen LogP contribution < -0.4 is 0 Å². The Morgan fingerprint density at radius 1 is 1.24 bits per heavy atom. The molecule has 132 valence electrons. The summed E-state index contributed by atoms with van der Waals surface area (Å²) in [4.78, 5) is 18.1. The number of halogens is 2. The van der Waals surface area contributed by atoms with Gasteiger partial charge in [0.2, 0.25) is 0 Å². The Morgan fingerprint density at radius 2 is 2.00 bits per heavy atom. The molecule has 1 aliphatic rings. The number of likely N-dealkylation sites (tertiary alicyclic amines) is 1. The predicted octanol–water partition coefficient (Wildman–Crippen LogP) is 3.55. The summed E-state index contributed by atoms with van der Waals surface area (Å²) < 4.78 is 27.5. The van der Waals surface area contributed by atoms with Gasteiger partial charge in [0, 0.05) is 24.8 Å². The molecule has 1 aliphatic heterocycles. The first-order valence-corrected chi connectivity index (χ1v) is 8.42. The third-order valence-corrected chi connectivity index (χ3v) is 4.66. The van der Waals surface area contributed by atoms with Gasteiger partial charge in [-0.3, -0.25) is 4.79 Å². The van der Waals surface area contributed by atoms with Crippen LogP contribution in [0.15, 0.2) is 36.5 Å². The molecular weight excluding hydrogens is 326 g/mol. The van der Waals surface area contributed by atoms with Crippen LogP contribution in [0.1, 0.15) is 35.3 Å². The van der Waals surface area contributed by atoms with Crippen LogP contribution in [-0.4, -0.2) is 34.0 Å². The van der Waals surface area contributed by atoms with Crippen molar-refractivity contribution in [1.82, 2.24) is 9.88 Å². The van der Waals surface area contributed by atoms with E-state index in [1.807, 2.05) is 0 Å². The van der Waals surface area contributed by atoms with Crippen molar-refractivity contribution in [3.8, 4) is 5.75 Å². The molecule has 25 heavy (non-hydrogen) atoms. The van der Waals surface area contributed by atoms with Gasteiger partial charge in [-0.1, -0.05) is 6.07 Å². The largest absolute Gasteiger partial charge is 0.505 e. The van der Waals surface area contributed by atoms with Gasteiger partial charge in [0.15, 0.2) is 5.69 Å². The molecule has 0 bridgehead atoms. The number of piperidine rings is 1. The number of hydrogen-bond acceptors (Lipinski definition) is 3. The van der Waals surface area contributed by atoms with Crippen LogP contribution in [-0.2, 0) is 6.42 Å². The molecule has 1 unspecified atom stereocenters. The van der Waals surface area contributed by atoms with Gasteiger partial charge in [-0.15, -0.1) is 0 Å². The average molecular weight is 346 g/mol. The quantitative estimate of drug-likeness (QED) is 0.921. The Morgan fingerprint density at radius 3 is 2.72 bits per heavy atom. The first-order valence-electron chi connectivity index (χ1n) is 8.42. The van der Waals surface area contributed by atoms with Crippen molar-refractivity contribution >= 4 is 5.91 Å². The molecule has 2 aromatic rings. The monoisotopic (exact) mass is 346 g/mol. The van der Waals surface area contributed by atoms with Gasteiger partial charge in [0.1, 0.15) is 17.4 Å². The molecular formula is C19H20F2N2O2. The predicted molar refractivity (Wildman–Crippen MR) is 89.2 cm³/mol. The highest BCUT2D eigenvalue weighted by molar-refractivity contribution is 5.94. The highest BCUT2D eigenvalue weighted by Crippen LogP contribution is 2.25. The van der Waals surface area contributed by atoms with E-state index in [0.717, 1.165) is 12.8 Å². The van der Waals surface area contributed by atoms with E-state index in [-0.39, 0.29) is 28.8 Å². The fourth-order valence-corrected chi connectivity index (χ4v) is 3.32. The van der Waals surface area contributed by atoms with Crippen LogP contribution in [0.25, 0.3) is 0 Å². The van der Waals surface area contributed by atoms with Crippen molar-refractivity contribution in [2.45, 2.75) is 25.7 Å². The fraction of sp³-hybridized carbons (Fsp3) is 0.368. The number of amides is 1. The summed E-state index contributed by atoms with van der Waals surface area (Å²) in [6.45, 7) is 1.10. The minimum Gasteiger partial charge on any atom is -0.505 e. The molecule has 0 spiro atoms. The van der Waals surface area contributed by atoms with Crippen molar-refractivity contribution in [3.05, 3.63) is 59.4 Å². The molecule has 1 amide bonds. The van der Waals surface area contributed by atoms with Gasteiger partial charge in [-0.05, 0) is 55.9 Å². The first kappa shape index (κ1) is 17.3. The molecule has 4 nitrogen and oxygen atoms in total. The molecule has 6 heteroatoms. The lowest BCUT2D eigenvalue weighted by molar-refractivity contribution is 0.0658. The summed E-state index contributed by atoms with van der Waals surface area (Å²) in [6.07, 6.45) is 4.11. The summed E-state index contributed by atoms with van der Waals surface area (Å²) in [6, 6.07) is 6.88. The number of carbonyl (C=O) groups excluding carboxylic acids is 1. The van der Waals surface area contributed by atoms with Gasteiger partial charge in [-0.25, -0.2) is 13.8 Å². The second-order valence-corrected chi connectivity index (χ2v) is 6.37. The van der Waals surface area contributed by atoms with Crippen LogP contribution in [0, 0.1) is 17.6 Å². The maximum absolute atomic E-state index is 13.7. The number of aromatic hydroxyl groups is 1. The van der Waals surface area contributed by atoms with Crippen LogP contribution in [0.3, 0.4) is 0 Å². The third kappa shape index (κ3) is 3.95. The Balaban J connectivity index is 1.63. The van der Waals surface area contributed by atoms with E-state index < -0.39 is 11.6 Å². The minimum absolute atomic E-state index is 0.0447. The van der Waals surface area contributed by atoms with Crippen molar-refractivity contribution in [2.75, 3.05) is 13.1 Å². The number of benzene rings is 1. The van der Waals surface area contributed by atoms with Crippen LogP contribution >= 0.6 is 0 Å². The van der Waals surface area contributed by atoms with Crippen LogP contribution in [0.4, 0.5) is 8.78 Å². The van der Waals surface area contributed by atoms with Gasteiger partial charge in [0.25, 0.3) is 5.91 Å². The zero-order valence-corrected chi connectivity index (χ0v) is 13.8. The minimum atomic E-state index is -0.526. The lowest BCUT2D eigenvalue weighted by atomic mass is 9.91. The fourth-order valence-electron chi connectivity index (χ4n) is 3.32. The van der Waals surface area contributed by atoms with Crippen LogP contribution in [0.5, 0.6) is 5.75 Å². The van der Waals surface area contributed by atoms with Gasteiger partial charge in [0.05, 0.1) is 0 Å². The second-order valence-electron chi connectivity index (χ2n) is 6.37. The molecule has 0 aliphatic carbocycles. The maximum Gasteiger partial charge on any atom is 0.276 e. The topological polar surface area (TPSA) is 53.4 Å². The molecule has 1 fully saturated rings. The normalized spacial score (nSPS) is 17.5. The van der Waals surface area contributed by atoms with E-state index in [9.17, 15) is 18.7 Å². The number of pyridine rings is 1. The number of nitrogens with zero attached hydrogens (tertiary/aromatic N) is 2. The standard InChI is InChI=1S/C19H20F2N2O2/c20-15-5-1-6-16(21)14(15)9-8-13-4-3-11-23(12-13)19(25)18-17(24)7-2-10-22-18/h1-2,5-7,10,13,24H,3-4,8-9,11-12H2. The van der Waals surface area contributed by atoms with E-state index in [4.69, 9.17) is 0 Å². The molecule has 2 heterocycles. The average Bonchev–Trinajstić information content (AvgIpc) is 2.61. The first-order chi connectivity index (χ1) is 12.1. The second kappa shape index (κ2) is 7.59. The summed E-state index contributed by atoms with van der Waals surface area (Å²) in [5.41, 5.74) is 0.150. The molecule has 1 aromatic heterocycles. The Kier molecular flexibility index (Phi) is 5.26. The number of aromatic nitrogens is 1. The van der Waals surface area contributed by atoms with Gasteiger partial charge < -0.3 is 10.0 Å². The summed E-state index contributed by atoms with van der Waals surface area (Å²) in [5.74, 6) is -1.32. The molecule has 0 radical (unpaired) electrons. The highest BCUT2D eigenvalue weighted by atomic mass is 19.1. The smallest absolute Gasteiger partial charge is 0.276 e. The van der Waals surface area contributed by atoms with E-state index in [2.05, 4.69) is 4.98 Å². The van der Waals surface area contributed by atoms with Crippen molar-refractivity contribution in [2.24, 2.45) is 5.92 Å². The van der Waals surface area contributed by atoms with Gasteiger partial charge >= 0.3 is 0 Å². The molecule has 1 N–H and O–H groups in total. The number of hydrogen-bond donors (Lipinski definition) is 1.